The van der Waals surface area contributed by atoms with Gasteiger partial charge in [-0.05, 0) is 71.8 Å². The number of carboxylic acids is 1. The van der Waals surface area contributed by atoms with Crippen LogP contribution in [-0.2, 0) is 9.59 Å². The van der Waals surface area contributed by atoms with Gasteiger partial charge in [-0.3, -0.25) is 14.9 Å². The van der Waals surface area contributed by atoms with Gasteiger partial charge < -0.3 is 9.84 Å². The molecule has 3 aromatic rings. The Hall–Kier alpha value is -4.10. The first-order valence-electron chi connectivity index (χ1n) is 10.0. The van der Waals surface area contributed by atoms with E-state index in [1.54, 1.807) is 60.7 Å². The molecule has 0 radical (unpaired) electrons. The number of carboxylic acid groups (broad SMARTS) is 1. The Morgan fingerprint density at radius 1 is 0.879 bits per heavy atom. The molecule has 0 bridgehead atoms. The minimum atomic E-state index is -1.01. The van der Waals surface area contributed by atoms with Gasteiger partial charge in [0.15, 0.2) is 0 Å². The molecular weight excluding hydrogens is 438 g/mol. The molecule has 1 saturated heterocycles. The smallest absolute Gasteiger partial charge is 0.336 e. The van der Waals surface area contributed by atoms with Crippen LogP contribution in [0.15, 0.2) is 77.7 Å². The molecule has 0 aromatic heterocycles. The molecule has 0 aliphatic carbocycles. The summed E-state index contributed by atoms with van der Waals surface area (Å²) in [4.78, 5) is 35.0. The summed E-state index contributed by atoms with van der Waals surface area (Å²) in [5, 5.41) is 11.5. The van der Waals surface area contributed by atoms with Gasteiger partial charge in [0.05, 0.1) is 10.5 Å². The van der Waals surface area contributed by atoms with E-state index in [-0.39, 0.29) is 10.8 Å². The standard InChI is InChI=1S/C26H19NO5S/c1-16-2-4-17(5-3-16)14-22(25(29)30)19-8-12-21(13-9-19)32-20-10-6-18(7-11-20)15-23-24(28)27-26(31)33-23/h2-15H,1H3,(H,29,30)(H,27,28,31). The van der Waals surface area contributed by atoms with E-state index >= 15 is 0 Å². The van der Waals surface area contributed by atoms with Gasteiger partial charge in [-0.25, -0.2) is 4.79 Å². The molecule has 1 heterocycles. The molecule has 1 fully saturated rings. The summed E-state index contributed by atoms with van der Waals surface area (Å²) in [7, 11) is 0. The van der Waals surface area contributed by atoms with Gasteiger partial charge in [0, 0.05) is 0 Å². The Morgan fingerprint density at radius 3 is 2.00 bits per heavy atom. The summed E-state index contributed by atoms with van der Waals surface area (Å²) < 4.78 is 5.84. The average molecular weight is 458 g/mol. The molecule has 6 nitrogen and oxygen atoms in total. The van der Waals surface area contributed by atoms with Crippen LogP contribution in [0.1, 0.15) is 22.3 Å². The highest BCUT2D eigenvalue weighted by Crippen LogP contribution is 2.28. The van der Waals surface area contributed by atoms with E-state index in [1.807, 2.05) is 31.2 Å². The average Bonchev–Trinajstić information content (AvgIpc) is 3.11. The summed E-state index contributed by atoms with van der Waals surface area (Å²) in [6.45, 7) is 1.98. The second kappa shape index (κ2) is 9.58. The van der Waals surface area contributed by atoms with Crippen LogP contribution >= 0.6 is 11.8 Å². The largest absolute Gasteiger partial charge is 0.478 e. The van der Waals surface area contributed by atoms with Crippen molar-refractivity contribution >= 4 is 46.6 Å². The van der Waals surface area contributed by atoms with Gasteiger partial charge in [-0.1, -0.05) is 54.1 Å². The number of aryl methyl sites for hydroxylation is 1. The topological polar surface area (TPSA) is 92.7 Å². The predicted octanol–water partition coefficient (Wildman–Crippen LogP) is 5.74. The highest BCUT2D eigenvalue weighted by atomic mass is 32.2. The monoisotopic (exact) mass is 457 g/mol. The number of ether oxygens (including phenoxy) is 1. The number of hydrogen-bond acceptors (Lipinski definition) is 5. The number of imide groups is 1. The Morgan fingerprint density at radius 2 is 1.45 bits per heavy atom. The van der Waals surface area contributed by atoms with Crippen molar-refractivity contribution in [2.75, 3.05) is 0 Å². The Kier molecular flexibility index (Phi) is 6.42. The van der Waals surface area contributed by atoms with E-state index in [4.69, 9.17) is 4.74 Å². The zero-order valence-electron chi connectivity index (χ0n) is 17.6. The summed E-state index contributed by atoms with van der Waals surface area (Å²) in [6.07, 6.45) is 3.28. The first kappa shape index (κ1) is 22.1. The molecule has 33 heavy (non-hydrogen) atoms. The van der Waals surface area contributed by atoms with Crippen LogP contribution in [0.2, 0.25) is 0 Å². The number of carbonyl (C=O) groups excluding carboxylic acids is 2. The minimum absolute atomic E-state index is 0.190. The van der Waals surface area contributed by atoms with Crippen molar-refractivity contribution in [1.29, 1.82) is 0 Å². The SMILES string of the molecule is Cc1ccc(C=C(C(=O)O)c2ccc(Oc3ccc(C=C4SC(=O)NC4=O)cc3)cc2)cc1. The molecule has 4 rings (SSSR count). The number of hydrogen-bond donors (Lipinski definition) is 2. The Balaban J connectivity index is 1.47. The van der Waals surface area contributed by atoms with Gasteiger partial charge in [0.2, 0.25) is 0 Å². The highest BCUT2D eigenvalue weighted by Gasteiger charge is 2.24. The van der Waals surface area contributed by atoms with Crippen molar-refractivity contribution < 1.29 is 24.2 Å². The first-order valence-corrected chi connectivity index (χ1v) is 10.8. The van der Waals surface area contributed by atoms with Gasteiger partial charge in [0.25, 0.3) is 11.1 Å². The third-order valence-electron chi connectivity index (χ3n) is 4.84. The van der Waals surface area contributed by atoms with E-state index in [1.165, 1.54) is 0 Å². The maximum atomic E-state index is 11.8. The number of carbonyl (C=O) groups is 3. The maximum Gasteiger partial charge on any atom is 0.336 e. The van der Waals surface area contributed by atoms with Gasteiger partial charge >= 0.3 is 5.97 Å². The summed E-state index contributed by atoms with van der Waals surface area (Å²) in [5.74, 6) is -0.272. The summed E-state index contributed by atoms with van der Waals surface area (Å²) in [5.41, 5.74) is 3.44. The molecule has 0 unspecified atom stereocenters. The number of amides is 2. The van der Waals surface area contributed by atoms with E-state index in [0.717, 1.165) is 28.5 Å². The van der Waals surface area contributed by atoms with E-state index in [0.29, 0.717) is 22.0 Å². The van der Waals surface area contributed by atoms with Crippen LogP contribution in [0.5, 0.6) is 11.5 Å². The molecule has 0 saturated carbocycles. The van der Waals surface area contributed by atoms with Crippen LogP contribution in [-0.4, -0.2) is 22.2 Å². The molecule has 0 spiro atoms. The molecule has 1 aliphatic rings. The second-order valence-corrected chi connectivity index (χ2v) is 8.34. The molecule has 2 N–H and O–H groups in total. The predicted molar refractivity (Wildman–Crippen MR) is 129 cm³/mol. The highest BCUT2D eigenvalue weighted by molar-refractivity contribution is 8.18. The molecule has 1 aliphatic heterocycles. The van der Waals surface area contributed by atoms with Gasteiger partial charge in [0.1, 0.15) is 11.5 Å². The third kappa shape index (κ3) is 5.58. The zero-order valence-corrected chi connectivity index (χ0v) is 18.4. The molecule has 3 aromatic carbocycles. The van der Waals surface area contributed by atoms with Crippen molar-refractivity contribution in [3.63, 3.8) is 0 Å². The van der Waals surface area contributed by atoms with Crippen molar-refractivity contribution in [2.45, 2.75) is 6.92 Å². The number of thioether (sulfide) groups is 1. The molecule has 0 atom stereocenters. The molecule has 7 heteroatoms. The molecular formula is C26H19NO5S. The fraction of sp³-hybridized carbons (Fsp3) is 0.0385. The second-order valence-electron chi connectivity index (χ2n) is 7.32. The number of benzene rings is 3. The lowest BCUT2D eigenvalue weighted by molar-refractivity contribution is -0.130. The van der Waals surface area contributed by atoms with E-state index in [2.05, 4.69) is 5.32 Å². The normalized spacial score (nSPS) is 14.9. The maximum absolute atomic E-state index is 11.8. The Bertz CT molecular complexity index is 1270. The first-order chi connectivity index (χ1) is 15.9. The van der Waals surface area contributed by atoms with Crippen molar-refractivity contribution in [2.24, 2.45) is 0 Å². The lowest BCUT2D eigenvalue weighted by Crippen LogP contribution is -2.17. The van der Waals surface area contributed by atoms with Crippen molar-refractivity contribution in [3.05, 3.63) is 100.0 Å². The van der Waals surface area contributed by atoms with Crippen LogP contribution in [0, 0.1) is 6.92 Å². The lowest BCUT2D eigenvalue weighted by Gasteiger charge is -2.08. The fourth-order valence-corrected chi connectivity index (χ4v) is 3.82. The summed E-state index contributed by atoms with van der Waals surface area (Å²) in [6, 6.07) is 21.5. The minimum Gasteiger partial charge on any atom is -0.478 e. The fourth-order valence-electron chi connectivity index (χ4n) is 3.14. The van der Waals surface area contributed by atoms with Crippen molar-refractivity contribution in [1.82, 2.24) is 5.32 Å². The van der Waals surface area contributed by atoms with Gasteiger partial charge in [-0.2, -0.15) is 0 Å². The molecule has 164 valence electrons. The van der Waals surface area contributed by atoms with Crippen LogP contribution in [0.25, 0.3) is 17.7 Å². The van der Waals surface area contributed by atoms with E-state index < -0.39 is 11.9 Å². The number of nitrogens with one attached hydrogen (secondary N) is 1. The Labute approximate surface area is 194 Å². The zero-order chi connectivity index (χ0) is 23.4. The van der Waals surface area contributed by atoms with Gasteiger partial charge in [-0.15, -0.1) is 0 Å². The van der Waals surface area contributed by atoms with Crippen molar-refractivity contribution in [3.8, 4) is 11.5 Å². The molecule has 2 amide bonds. The quantitative estimate of drug-likeness (QED) is 0.362. The van der Waals surface area contributed by atoms with Crippen LogP contribution in [0.3, 0.4) is 0 Å². The van der Waals surface area contributed by atoms with Crippen LogP contribution in [0.4, 0.5) is 4.79 Å². The number of rotatable bonds is 6. The van der Waals surface area contributed by atoms with E-state index in [9.17, 15) is 19.5 Å². The number of aliphatic carboxylic acids is 1. The lowest BCUT2D eigenvalue weighted by atomic mass is 10.0. The summed E-state index contributed by atoms with van der Waals surface area (Å²) >= 11 is 0.866. The van der Waals surface area contributed by atoms with Crippen LogP contribution < -0.4 is 10.1 Å². The third-order valence-corrected chi connectivity index (χ3v) is 5.65.